The maximum atomic E-state index is 10.5. The SMILES string of the molecule is CCNC(=NCC1(O)CCCC1)NC1CCN(c2ccccc2)CC1. The molecule has 1 aromatic carbocycles. The summed E-state index contributed by atoms with van der Waals surface area (Å²) < 4.78 is 0. The Morgan fingerprint density at radius 2 is 1.88 bits per heavy atom. The van der Waals surface area contributed by atoms with E-state index in [0.29, 0.717) is 12.6 Å². The average Bonchev–Trinajstić information content (AvgIpc) is 3.08. The monoisotopic (exact) mass is 344 g/mol. The van der Waals surface area contributed by atoms with Crippen LogP contribution < -0.4 is 15.5 Å². The molecule has 5 heteroatoms. The van der Waals surface area contributed by atoms with Crippen LogP contribution >= 0.6 is 0 Å². The van der Waals surface area contributed by atoms with E-state index in [1.807, 2.05) is 0 Å². The lowest BCUT2D eigenvalue weighted by molar-refractivity contribution is 0.0574. The fraction of sp³-hybridized carbons (Fsp3) is 0.650. The van der Waals surface area contributed by atoms with E-state index in [1.165, 1.54) is 5.69 Å². The number of guanidine groups is 1. The van der Waals surface area contributed by atoms with Gasteiger partial charge in [0, 0.05) is 31.4 Å². The molecule has 1 saturated carbocycles. The second kappa shape index (κ2) is 8.56. The fourth-order valence-corrected chi connectivity index (χ4v) is 3.85. The summed E-state index contributed by atoms with van der Waals surface area (Å²) in [5, 5.41) is 17.4. The van der Waals surface area contributed by atoms with Crippen molar-refractivity contribution < 1.29 is 5.11 Å². The first-order valence-corrected chi connectivity index (χ1v) is 9.76. The number of aliphatic imine (C=N–C) groups is 1. The molecule has 1 aromatic rings. The van der Waals surface area contributed by atoms with E-state index in [9.17, 15) is 5.11 Å². The van der Waals surface area contributed by atoms with Gasteiger partial charge in [0.15, 0.2) is 5.96 Å². The van der Waals surface area contributed by atoms with Crippen LogP contribution in [0.25, 0.3) is 0 Å². The number of hydrogen-bond donors (Lipinski definition) is 3. The van der Waals surface area contributed by atoms with Crippen molar-refractivity contribution >= 4 is 11.6 Å². The van der Waals surface area contributed by atoms with Gasteiger partial charge in [-0.2, -0.15) is 0 Å². The van der Waals surface area contributed by atoms with Crippen molar-refractivity contribution in [1.29, 1.82) is 0 Å². The molecule has 1 saturated heterocycles. The third-order valence-corrected chi connectivity index (χ3v) is 5.37. The topological polar surface area (TPSA) is 59.9 Å². The Balaban J connectivity index is 1.51. The van der Waals surface area contributed by atoms with Gasteiger partial charge in [0.2, 0.25) is 0 Å². The van der Waals surface area contributed by atoms with Crippen LogP contribution in [0.5, 0.6) is 0 Å². The van der Waals surface area contributed by atoms with Gasteiger partial charge in [-0.15, -0.1) is 0 Å². The smallest absolute Gasteiger partial charge is 0.191 e. The molecular formula is C20H32N4O. The molecule has 0 aromatic heterocycles. The molecule has 0 atom stereocenters. The molecule has 2 fully saturated rings. The van der Waals surface area contributed by atoms with Crippen LogP contribution in [-0.2, 0) is 0 Å². The molecule has 3 N–H and O–H groups in total. The molecule has 1 heterocycles. The standard InChI is InChI=1S/C20H32N4O/c1-2-21-19(22-16-20(25)12-6-7-13-20)23-17-10-14-24(15-11-17)18-8-4-3-5-9-18/h3-5,8-9,17,25H,2,6-7,10-16H2,1H3,(H2,21,22,23). The summed E-state index contributed by atoms with van der Waals surface area (Å²) in [7, 11) is 0. The first kappa shape index (κ1) is 18.1. The van der Waals surface area contributed by atoms with Gasteiger partial charge in [-0.1, -0.05) is 31.0 Å². The van der Waals surface area contributed by atoms with Gasteiger partial charge >= 0.3 is 0 Å². The summed E-state index contributed by atoms with van der Waals surface area (Å²) in [5.74, 6) is 0.848. The fourth-order valence-electron chi connectivity index (χ4n) is 3.85. The number of piperidine rings is 1. The molecule has 0 amide bonds. The molecule has 0 spiro atoms. The lowest BCUT2D eigenvalue weighted by atomic mass is 10.0. The Labute approximate surface area is 151 Å². The van der Waals surface area contributed by atoms with Gasteiger partial charge in [-0.05, 0) is 44.7 Å². The highest BCUT2D eigenvalue weighted by atomic mass is 16.3. The molecule has 1 aliphatic carbocycles. The van der Waals surface area contributed by atoms with E-state index in [4.69, 9.17) is 0 Å². The second-order valence-corrected chi connectivity index (χ2v) is 7.37. The molecule has 1 aliphatic heterocycles. The lowest BCUT2D eigenvalue weighted by Gasteiger charge is -2.34. The van der Waals surface area contributed by atoms with E-state index < -0.39 is 5.60 Å². The van der Waals surface area contributed by atoms with Crippen LogP contribution in [0, 0.1) is 0 Å². The lowest BCUT2D eigenvalue weighted by Crippen LogP contribution is -2.49. The zero-order valence-corrected chi connectivity index (χ0v) is 15.4. The number of hydrogen-bond acceptors (Lipinski definition) is 3. The number of nitrogens with zero attached hydrogens (tertiary/aromatic N) is 2. The van der Waals surface area contributed by atoms with Crippen molar-refractivity contribution in [2.75, 3.05) is 31.1 Å². The summed E-state index contributed by atoms with van der Waals surface area (Å²) in [5.41, 5.74) is 0.726. The van der Waals surface area contributed by atoms with Gasteiger partial charge in [-0.3, -0.25) is 4.99 Å². The zero-order valence-electron chi connectivity index (χ0n) is 15.4. The van der Waals surface area contributed by atoms with E-state index in [0.717, 1.165) is 64.1 Å². The highest BCUT2D eigenvalue weighted by Crippen LogP contribution is 2.29. The van der Waals surface area contributed by atoms with Crippen LogP contribution in [0.3, 0.4) is 0 Å². The van der Waals surface area contributed by atoms with E-state index >= 15 is 0 Å². The van der Waals surface area contributed by atoms with Crippen molar-refractivity contribution in [3.63, 3.8) is 0 Å². The van der Waals surface area contributed by atoms with Gasteiger partial charge in [-0.25, -0.2) is 0 Å². The summed E-state index contributed by atoms with van der Waals surface area (Å²) in [6, 6.07) is 11.1. The van der Waals surface area contributed by atoms with Crippen molar-refractivity contribution in [3.05, 3.63) is 30.3 Å². The maximum Gasteiger partial charge on any atom is 0.191 e. The van der Waals surface area contributed by atoms with Crippen LogP contribution in [0.2, 0.25) is 0 Å². The number of anilines is 1. The molecule has 25 heavy (non-hydrogen) atoms. The minimum Gasteiger partial charge on any atom is -0.388 e. The molecule has 138 valence electrons. The number of para-hydroxylation sites is 1. The average molecular weight is 345 g/mol. The highest BCUT2D eigenvalue weighted by Gasteiger charge is 2.31. The minimum absolute atomic E-state index is 0.441. The maximum absolute atomic E-state index is 10.5. The Kier molecular flexibility index (Phi) is 6.19. The van der Waals surface area contributed by atoms with Gasteiger partial charge in [0.25, 0.3) is 0 Å². The molecule has 0 bridgehead atoms. The minimum atomic E-state index is -0.584. The summed E-state index contributed by atoms with van der Waals surface area (Å²) >= 11 is 0. The Morgan fingerprint density at radius 1 is 1.20 bits per heavy atom. The number of rotatable bonds is 5. The molecule has 0 radical (unpaired) electrons. The number of nitrogens with one attached hydrogen (secondary N) is 2. The number of benzene rings is 1. The third-order valence-electron chi connectivity index (χ3n) is 5.37. The van der Waals surface area contributed by atoms with E-state index in [-0.39, 0.29) is 0 Å². The first-order chi connectivity index (χ1) is 12.2. The predicted molar refractivity (Wildman–Crippen MR) is 104 cm³/mol. The summed E-state index contributed by atoms with van der Waals surface area (Å²) in [6.07, 6.45) is 6.20. The normalized spacial score (nSPS) is 21.4. The molecular weight excluding hydrogens is 312 g/mol. The molecule has 3 rings (SSSR count). The first-order valence-electron chi connectivity index (χ1n) is 9.76. The van der Waals surface area contributed by atoms with Crippen molar-refractivity contribution in [2.24, 2.45) is 4.99 Å². The molecule has 2 aliphatic rings. The van der Waals surface area contributed by atoms with Crippen LogP contribution in [0.4, 0.5) is 5.69 Å². The van der Waals surface area contributed by atoms with Crippen LogP contribution in [0.15, 0.2) is 35.3 Å². The summed E-state index contributed by atoms with van der Waals surface area (Å²) in [4.78, 5) is 7.12. The molecule has 5 nitrogen and oxygen atoms in total. The highest BCUT2D eigenvalue weighted by molar-refractivity contribution is 5.80. The van der Waals surface area contributed by atoms with Crippen LogP contribution in [0.1, 0.15) is 45.4 Å². The van der Waals surface area contributed by atoms with Gasteiger partial charge < -0.3 is 20.6 Å². The largest absolute Gasteiger partial charge is 0.388 e. The van der Waals surface area contributed by atoms with E-state index in [1.54, 1.807) is 0 Å². The zero-order chi connectivity index (χ0) is 17.5. The quantitative estimate of drug-likeness (QED) is 0.567. The third kappa shape index (κ3) is 5.11. The van der Waals surface area contributed by atoms with Crippen molar-refractivity contribution in [2.45, 2.75) is 57.1 Å². The Bertz CT molecular complexity index is 546. The van der Waals surface area contributed by atoms with E-state index in [2.05, 4.69) is 57.8 Å². The molecule has 0 unspecified atom stereocenters. The Morgan fingerprint density at radius 3 is 2.52 bits per heavy atom. The predicted octanol–water partition coefficient (Wildman–Crippen LogP) is 2.52. The van der Waals surface area contributed by atoms with Crippen molar-refractivity contribution in [3.8, 4) is 0 Å². The second-order valence-electron chi connectivity index (χ2n) is 7.37. The summed E-state index contributed by atoms with van der Waals surface area (Å²) in [6.45, 7) is 5.55. The van der Waals surface area contributed by atoms with Gasteiger partial charge in [0.05, 0.1) is 12.1 Å². The van der Waals surface area contributed by atoms with Gasteiger partial charge in [0.1, 0.15) is 0 Å². The number of aliphatic hydroxyl groups is 1. The van der Waals surface area contributed by atoms with Crippen LogP contribution in [-0.4, -0.2) is 48.9 Å². The Hall–Kier alpha value is -1.75. The van der Waals surface area contributed by atoms with Crippen molar-refractivity contribution in [1.82, 2.24) is 10.6 Å².